The molecule has 212 valence electrons. The van der Waals surface area contributed by atoms with E-state index in [4.69, 9.17) is 30.3 Å². The molecule has 6 atom stereocenters. The first-order chi connectivity index (χ1) is 18.3. The average molecular weight is 582 g/mol. The molecule has 15 heteroatoms. The van der Waals surface area contributed by atoms with Gasteiger partial charge in [0.05, 0.1) is 19.0 Å². The van der Waals surface area contributed by atoms with Crippen LogP contribution in [0.2, 0.25) is 0 Å². The Kier molecular flexibility index (Phi) is 8.57. The normalized spacial score (nSPS) is 25.5. The van der Waals surface area contributed by atoms with Crippen molar-refractivity contribution in [2.75, 3.05) is 6.61 Å². The standard InChI is InChI=1S/C24H32N5O8PS/c1-13(2)35-22(32)14(3)28-38(39,37-16-9-7-6-8-10-16)34-11-17-19(30)24(5,33)23(36-17)29-12-25-18-20(29)26-15(4)27-21(18)31/h6-10,12-14,17,19,23,30,33H,11H2,1-5H3,(H,28,39)(H,26,27,31)/t14?,17-,19-,23-,24-,38?/m1/s1. The second-order valence-electron chi connectivity index (χ2n) is 9.71. The molecule has 1 fully saturated rings. The van der Waals surface area contributed by atoms with Crippen LogP contribution in [0.5, 0.6) is 5.75 Å². The number of aromatic nitrogens is 4. The number of hydrogen-bond acceptors (Lipinski definition) is 11. The summed E-state index contributed by atoms with van der Waals surface area (Å²) in [5, 5.41) is 25.1. The summed E-state index contributed by atoms with van der Waals surface area (Å²) < 4.78 is 24.6. The zero-order chi connectivity index (χ0) is 28.5. The van der Waals surface area contributed by atoms with Crippen molar-refractivity contribution in [2.45, 2.75) is 70.8 Å². The highest BCUT2D eigenvalue weighted by Gasteiger charge is 2.54. The third-order valence-electron chi connectivity index (χ3n) is 5.99. The molecule has 1 aliphatic heterocycles. The highest BCUT2D eigenvalue weighted by Crippen LogP contribution is 2.47. The number of rotatable bonds is 10. The summed E-state index contributed by atoms with van der Waals surface area (Å²) in [5.74, 6) is 0.221. The van der Waals surface area contributed by atoms with E-state index in [-0.39, 0.29) is 23.9 Å². The first-order valence-electron chi connectivity index (χ1n) is 12.3. The predicted molar refractivity (Wildman–Crippen MR) is 145 cm³/mol. The quantitative estimate of drug-likeness (QED) is 0.202. The molecule has 2 unspecified atom stereocenters. The van der Waals surface area contributed by atoms with Gasteiger partial charge in [0.1, 0.15) is 35.4 Å². The molecule has 4 rings (SSSR count). The van der Waals surface area contributed by atoms with E-state index in [0.717, 1.165) is 0 Å². The van der Waals surface area contributed by atoms with Crippen LogP contribution in [0.1, 0.15) is 39.7 Å². The van der Waals surface area contributed by atoms with Crippen LogP contribution < -0.4 is 15.2 Å². The van der Waals surface area contributed by atoms with Crippen LogP contribution in [0.25, 0.3) is 11.2 Å². The van der Waals surface area contributed by atoms with Crippen molar-refractivity contribution >= 4 is 35.6 Å². The second-order valence-corrected chi connectivity index (χ2v) is 12.8. The molecule has 3 heterocycles. The molecule has 1 aromatic carbocycles. The molecule has 1 saturated heterocycles. The van der Waals surface area contributed by atoms with Gasteiger partial charge < -0.3 is 33.7 Å². The Morgan fingerprint density at radius 1 is 1.33 bits per heavy atom. The molecule has 13 nitrogen and oxygen atoms in total. The number of carbonyl (C=O) groups is 1. The smallest absolute Gasteiger partial charge is 0.323 e. The number of para-hydroxylation sites is 1. The van der Waals surface area contributed by atoms with Crippen LogP contribution in [0.4, 0.5) is 0 Å². The van der Waals surface area contributed by atoms with Crippen molar-refractivity contribution in [3.05, 3.63) is 52.8 Å². The molecule has 0 spiro atoms. The van der Waals surface area contributed by atoms with Gasteiger partial charge in [-0.05, 0) is 58.6 Å². The van der Waals surface area contributed by atoms with Crippen LogP contribution >= 0.6 is 6.64 Å². The van der Waals surface area contributed by atoms with Crippen molar-refractivity contribution < 1.29 is 33.5 Å². The lowest BCUT2D eigenvalue weighted by molar-refractivity contribution is -0.149. The number of aromatic amines is 1. The van der Waals surface area contributed by atoms with Gasteiger partial charge >= 0.3 is 12.6 Å². The lowest BCUT2D eigenvalue weighted by Gasteiger charge is -2.28. The number of aryl methyl sites for hydroxylation is 1. The van der Waals surface area contributed by atoms with E-state index < -0.39 is 48.2 Å². The monoisotopic (exact) mass is 581 g/mol. The van der Waals surface area contributed by atoms with E-state index >= 15 is 0 Å². The fourth-order valence-electron chi connectivity index (χ4n) is 4.09. The first-order valence-corrected chi connectivity index (χ1v) is 14.9. The zero-order valence-electron chi connectivity index (χ0n) is 22.1. The van der Waals surface area contributed by atoms with E-state index in [1.807, 2.05) is 6.07 Å². The molecule has 0 bridgehead atoms. The Balaban J connectivity index is 1.56. The molecule has 4 N–H and O–H groups in total. The summed E-state index contributed by atoms with van der Waals surface area (Å²) in [4.78, 5) is 35.7. The number of aliphatic hydroxyl groups excluding tert-OH is 1. The third-order valence-corrected chi connectivity index (χ3v) is 8.49. The number of benzene rings is 1. The van der Waals surface area contributed by atoms with Crippen LogP contribution in [-0.4, -0.2) is 72.3 Å². The van der Waals surface area contributed by atoms with Crippen molar-refractivity contribution in [3.8, 4) is 5.75 Å². The minimum Gasteiger partial charge on any atom is -0.462 e. The Bertz CT molecular complexity index is 1430. The van der Waals surface area contributed by atoms with Crippen molar-refractivity contribution in [3.63, 3.8) is 0 Å². The van der Waals surface area contributed by atoms with E-state index in [1.165, 1.54) is 17.8 Å². The van der Waals surface area contributed by atoms with Gasteiger partial charge in [-0.2, -0.15) is 0 Å². The largest absolute Gasteiger partial charge is 0.462 e. The number of nitrogens with zero attached hydrogens (tertiary/aromatic N) is 3. The number of fused-ring (bicyclic) bond motifs is 1. The number of H-pyrrole nitrogens is 1. The third kappa shape index (κ3) is 6.38. The highest BCUT2D eigenvalue weighted by atomic mass is 32.5. The summed E-state index contributed by atoms with van der Waals surface area (Å²) in [6.07, 6.45) is -2.66. The lowest BCUT2D eigenvalue weighted by atomic mass is 9.96. The Labute approximate surface area is 229 Å². The maximum absolute atomic E-state index is 12.4. The second kappa shape index (κ2) is 11.4. The van der Waals surface area contributed by atoms with Crippen molar-refractivity contribution in [2.24, 2.45) is 0 Å². The maximum atomic E-state index is 12.4. The van der Waals surface area contributed by atoms with Gasteiger partial charge in [-0.3, -0.25) is 14.2 Å². The molecule has 0 aliphatic carbocycles. The summed E-state index contributed by atoms with van der Waals surface area (Å²) >= 11 is 5.71. The van der Waals surface area contributed by atoms with Crippen molar-refractivity contribution in [1.29, 1.82) is 0 Å². The lowest BCUT2D eigenvalue weighted by Crippen LogP contribution is -2.44. The summed E-state index contributed by atoms with van der Waals surface area (Å²) in [5.41, 5.74) is -2.01. The van der Waals surface area contributed by atoms with E-state index in [2.05, 4.69) is 20.0 Å². The minimum absolute atomic E-state index is 0.0624. The first kappa shape index (κ1) is 29.3. The zero-order valence-corrected chi connectivity index (χ0v) is 23.8. The molecule has 39 heavy (non-hydrogen) atoms. The predicted octanol–water partition coefficient (Wildman–Crippen LogP) is 1.69. The van der Waals surface area contributed by atoms with Crippen molar-refractivity contribution in [1.82, 2.24) is 24.6 Å². The Hall–Kier alpha value is -2.71. The molecular formula is C24H32N5O8PS. The van der Waals surface area contributed by atoms with Gasteiger partial charge in [0.25, 0.3) is 5.56 Å². The molecular weight excluding hydrogens is 549 g/mol. The van der Waals surface area contributed by atoms with Crippen LogP contribution in [0.3, 0.4) is 0 Å². The summed E-state index contributed by atoms with van der Waals surface area (Å²) in [7, 11) is 0. The van der Waals surface area contributed by atoms with Gasteiger partial charge in [-0.25, -0.2) is 15.1 Å². The molecule has 0 saturated carbocycles. The minimum atomic E-state index is -3.41. The number of carbonyl (C=O) groups excluding carboxylic acids is 1. The fourth-order valence-corrected chi connectivity index (χ4v) is 6.51. The number of aliphatic hydroxyl groups is 2. The number of imidazole rings is 1. The topological polar surface area (TPSA) is 170 Å². The summed E-state index contributed by atoms with van der Waals surface area (Å²) in [6.45, 7) is 4.34. The maximum Gasteiger partial charge on any atom is 0.323 e. The molecule has 3 aromatic rings. The van der Waals surface area contributed by atoms with Gasteiger partial charge in [-0.15, -0.1) is 0 Å². The van der Waals surface area contributed by atoms with Crippen LogP contribution in [0, 0.1) is 6.92 Å². The number of ether oxygens (including phenoxy) is 2. The average Bonchev–Trinajstić information content (AvgIpc) is 3.36. The Morgan fingerprint density at radius 2 is 2.03 bits per heavy atom. The van der Waals surface area contributed by atoms with Gasteiger partial charge in [0.2, 0.25) is 0 Å². The molecule has 0 radical (unpaired) electrons. The van der Waals surface area contributed by atoms with Gasteiger partial charge in [0, 0.05) is 0 Å². The van der Waals surface area contributed by atoms with Gasteiger partial charge in [-0.1, -0.05) is 18.2 Å². The highest BCUT2D eigenvalue weighted by molar-refractivity contribution is 8.09. The molecule has 2 aromatic heterocycles. The van der Waals surface area contributed by atoms with Gasteiger partial charge in [0.15, 0.2) is 17.4 Å². The van der Waals surface area contributed by atoms with E-state index in [1.54, 1.807) is 52.0 Å². The van der Waals surface area contributed by atoms with E-state index in [0.29, 0.717) is 11.6 Å². The molecule has 0 amide bonds. The number of hydrogen-bond donors (Lipinski definition) is 4. The van der Waals surface area contributed by atoms with E-state index in [9.17, 15) is 19.8 Å². The summed E-state index contributed by atoms with van der Waals surface area (Å²) in [6, 6.07) is 7.83. The van der Waals surface area contributed by atoms with Crippen LogP contribution in [-0.2, 0) is 30.6 Å². The van der Waals surface area contributed by atoms with Crippen LogP contribution in [0.15, 0.2) is 41.5 Å². The Morgan fingerprint density at radius 3 is 2.69 bits per heavy atom. The molecule has 1 aliphatic rings. The number of esters is 1. The fraction of sp³-hybridized carbons (Fsp3) is 0.500. The number of nitrogens with one attached hydrogen (secondary N) is 2. The SMILES string of the molecule is Cc1nc2c(ncn2[C@@H]2O[C@H](COP(=S)(NC(C)C(=O)OC(C)C)Oc3ccccc3)[C@@H](O)[C@@]2(C)O)c(=O)[nH]1.